The van der Waals surface area contributed by atoms with Crippen molar-refractivity contribution in [3.05, 3.63) is 0 Å². The predicted octanol–water partition coefficient (Wildman–Crippen LogP) is 0.654. The van der Waals surface area contributed by atoms with Gasteiger partial charge in [0.15, 0.2) is 0 Å². The van der Waals surface area contributed by atoms with E-state index in [1.165, 1.54) is 0 Å². The number of nitriles is 1. The SMILES string of the molecule is Cl.N#CC(Br)CN. The maximum absolute atomic E-state index is 7.96. The van der Waals surface area contributed by atoms with Gasteiger partial charge >= 0.3 is 0 Å². The van der Waals surface area contributed by atoms with Crippen molar-refractivity contribution >= 4 is 28.3 Å². The molecule has 0 aliphatic rings. The third-order valence-electron chi connectivity index (χ3n) is 0.347. The van der Waals surface area contributed by atoms with Gasteiger partial charge in [0, 0.05) is 6.54 Å². The highest BCUT2D eigenvalue weighted by Crippen LogP contribution is 1.90. The second kappa shape index (κ2) is 6.22. The molecule has 0 bridgehead atoms. The summed E-state index contributed by atoms with van der Waals surface area (Å²) >= 11 is 2.99. The van der Waals surface area contributed by atoms with Crippen LogP contribution in [0.5, 0.6) is 0 Å². The number of halogens is 2. The first-order chi connectivity index (χ1) is 2.81. The fourth-order valence-electron chi connectivity index (χ4n) is 0.0527. The third-order valence-corrected chi connectivity index (χ3v) is 0.926. The molecule has 1 atom stereocenters. The lowest BCUT2D eigenvalue weighted by molar-refractivity contribution is 1.05. The zero-order valence-electron chi connectivity index (χ0n) is 3.60. The van der Waals surface area contributed by atoms with Gasteiger partial charge in [-0.15, -0.1) is 12.4 Å². The van der Waals surface area contributed by atoms with Crippen molar-refractivity contribution in [2.75, 3.05) is 6.54 Å². The first-order valence-corrected chi connectivity index (χ1v) is 2.46. The number of nitrogens with two attached hydrogens (primary N) is 1. The largest absolute Gasteiger partial charge is 0.328 e. The summed E-state index contributed by atoms with van der Waals surface area (Å²) in [6, 6.07) is 1.91. The molecule has 0 aromatic rings. The minimum atomic E-state index is -0.169. The van der Waals surface area contributed by atoms with E-state index in [4.69, 9.17) is 11.0 Å². The summed E-state index contributed by atoms with van der Waals surface area (Å²) in [6.07, 6.45) is 0. The van der Waals surface area contributed by atoms with Crippen molar-refractivity contribution in [2.45, 2.75) is 4.83 Å². The molecule has 42 valence electrons. The van der Waals surface area contributed by atoms with Gasteiger partial charge in [-0.25, -0.2) is 0 Å². The van der Waals surface area contributed by atoms with Crippen LogP contribution in [0.1, 0.15) is 0 Å². The second-order valence-corrected chi connectivity index (χ2v) is 1.94. The fourth-order valence-corrected chi connectivity index (χ4v) is 0.0527. The molecule has 0 saturated carbocycles. The second-order valence-electron chi connectivity index (χ2n) is 0.832. The molecule has 2 nitrogen and oxygen atoms in total. The van der Waals surface area contributed by atoms with E-state index >= 15 is 0 Å². The highest BCUT2D eigenvalue weighted by molar-refractivity contribution is 9.09. The Balaban J connectivity index is 0. The van der Waals surface area contributed by atoms with E-state index in [0.29, 0.717) is 6.54 Å². The molecule has 0 radical (unpaired) electrons. The first-order valence-electron chi connectivity index (χ1n) is 1.55. The van der Waals surface area contributed by atoms with E-state index in [2.05, 4.69) is 15.9 Å². The molecule has 0 aromatic carbocycles. The molecule has 4 heteroatoms. The molecule has 0 saturated heterocycles. The Hall–Kier alpha value is 0.220. The summed E-state index contributed by atoms with van der Waals surface area (Å²) in [5.74, 6) is 0. The van der Waals surface area contributed by atoms with Gasteiger partial charge < -0.3 is 5.73 Å². The van der Waals surface area contributed by atoms with Gasteiger partial charge in [0.2, 0.25) is 0 Å². The monoisotopic (exact) mass is 184 g/mol. The van der Waals surface area contributed by atoms with E-state index in [9.17, 15) is 0 Å². The van der Waals surface area contributed by atoms with Crippen LogP contribution in [0.4, 0.5) is 0 Å². The average molecular weight is 185 g/mol. The van der Waals surface area contributed by atoms with E-state index in [1.807, 2.05) is 6.07 Å². The standard InChI is InChI=1S/C3H5BrN2.ClH/c4-3(1-5)2-6;/h3H,1,5H2;1H. The van der Waals surface area contributed by atoms with Gasteiger partial charge in [-0.1, -0.05) is 15.9 Å². The molecular weight excluding hydrogens is 179 g/mol. The molecule has 0 amide bonds. The highest BCUT2D eigenvalue weighted by Gasteiger charge is 1.91. The van der Waals surface area contributed by atoms with E-state index in [0.717, 1.165) is 0 Å². The number of hydrogen-bond donors (Lipinski definition) is 1. The van der Waals surface area contributed by atoms with Crippen LogP contribution in [0.15, 0.2) is 0 Å². The third kappa shape index (κ3) is 6.22. The molecule has 0 aromatic heterocycles. The van der Waals surface area contributed by atoms with E-state index < -0.39 is 0 Å². The Bertz CT molecular complexity index is 69.8. The maximum Gasteiger partial charge on any atom is 0.113 e. The van der Waals surface area contributed by atoms with Gasteiger partial charge in [0.1, 0.15) is 4.83 Å². The molecular formula is C3H6BrClN2. The number of nitrogens with zero attached hydrogens (tertiary/aromatic N) is 1. The van der Waals surface area contributed by atoms with Gasteiger partial charge in [-0.3, -0.25) is 0 Å². The summed E-state index contributed by atoms with van der Waals surface area (Å²) in [7, 11) is 0. The van der Waals surface area contributed by atoms with Crippen molar-refractivity contribution in [3.63, 3.8) is 0 Å². The van der Waals surface area contributed by atoms with Crippen LogP contribution >= 0.6 is 28.3 Å². The lowest BCUT2D eigenvalue weighted by Gasteiger charge is -1.85. The quantitative estimate of drug-likeness (QED) is 0.610. The van der Waals surface area contributed by atoms with Crippen molar-refractivity contribution in [3.8, 4) is 6.07 Å². The van der Waals surface area contributed by atoms with Gasteiger partial charge in [-0.2, -0.15) is 5.26 Å². The lowest BCUT2D eigenvalue weighted by atomic mass is 10.5. The zero-order chi connectivity index (χ0) is 4.99. The normalized spacial score (nSPS) is 11.0. The average Bonchev–Trinajstić information content (AvgIpc) is 1.65. The minimum Gasteiger partial charge on any atom is -0.328 e. The Morgan fingerprint density at radius 2 is 2.29 bits per heavy atom. The van der Waals surface area contributed by atoms with Crippen LogP contribution in [0.25, 0.3) is 0 Å². The molecule has 0 aliphatic carbocycles. The van der Waals surface area contributed by atoms with E-state index in [1.54, 1.807) is 0 Å². The van der Waals surface area contributed by atoms with Crippen LogP contribution < -0.4 is 5.73 Å². The molecule has 0 spiro atoms. The minimum absolute atomic E-state index is 0. The van der Waals surface area contributed by atoms with Gasteiger partial charge in [0.05, 0.1) is 6.07 Å². The van der Waals surface area contributed by atoms with Crippen molar-refractivity contribution < 1.29 is 0 Å². The van der Waals surface area contributed by atoms with Crippen LogP contribution in [0.2, 0.25) is 0 Å². The summed E-state index contributed by atoms with van der Waals surface area (Å²) in [6.45, 7) is 0.385. The van der Waals surface area contributed by atoms with Crippen LogP contribution in [-0.4, -0.2) is 11.4 Å². The number of hydrogen-bond acceptors (Lipinski definition) is 2. The molecule has 0 fully saturated rings. The molecule has 7 heavy (non-hydrogen) atoms. The van der Waals surface area contributed by atoms with Crippen LogP contribution in [0, 0.1) is 11.3 Å². The zero-order valence-corrected chi connectivity index (χ0v) is 6.00. The Morgan fingerprint density at radius 3 is 2.29 bits per heavy atom. The Kier molecular flexibility index (Phi) is 9.11. The summed E-state index contributed by atoms with van der Waals surface area (Å²) in [5.41, 5.74) is 5.01. The van der Waals surface area contributed by atoms with Crippen molar-refractivity contribution in [1.29, 1.82) is 5.26 Å². The van der Waals surface area contributed by atoms with Crippen LogP contribution in [-0.2, 0) is 0 Å². The van der Waals surface area contributed by atoms with Crippen molar-refractivity contribution in [1.82, 2.24) is 0 Å². The van der Waals surface area contributed by atoms with Gasteiger partial charge in [0.25, 0.3) is 0 Å². The summed E-state index contributed by atoms with van der Waals surface area (Å²) in [5, 5.41) is 7.96. The van der Waals surface area contributed by atoms with Crippen molar-refractivity contribution in [2.24, 2.45) is 5.73 Å². The topological polar surface area (TPSA) is 49.8 Å². The number of rotatable bonds is 1. The Morgan fingerprint density at radius 1 is 1.86 bits per heavy atom. The molecule has 0 rings (SSSR count). The predicted molar refractivity (Wildman–Crippen MR) is 34.6 cm³/mol. The number of alkyl halides is 1. The summed E-state index contributed by atoms with van der Waals surface area (Å²) < 4.78 is 0. The maximum atomic E-state index is 7.96. The summed E-state index contributed by atoms with van der Waals surface area (Å²) in [4.78, 5) is -0.169. The molecule has 1 unspecified atom stereocenters. The molecule has 0 heterocycles. The Labute approximate surface area is 57.2 Å². The smallest absolute Gasteiger partial charge is 0.113 e. The van der Waals surface area contributed by atoms with Crippen LogP contribution in [0.3, 0.4) is 0 Å². The molecule has 2 N–H and O–H groups in total. The molecule has 0 aliphatic heterocycles. The first kappa shape index (κ1) is 10.3. The lowest BCUT2D eigenvalue weighted by Crippen LogP contribution is -2.10. The van der Waals surface area contributed by atoms with Gasteiger partial charge in [-0.05, 0) is 0 Å². The van der Waals surface area contributed by atoms with E-state index in [-0.39, 0.29) is 17.2 Å². The fraction of sp³-hybridized carbons (Fsp3) is 0.667. The highest BCUT2D eigenvalue weighted by atomic mass is 79.9.